The Labute approximate surface area is 179 Å². The zero-order chi connectivity index (χ0) is 21.6. The number of anilines is 3. The van der Waals surface area contributed by atoms with Crippen molar-refractivity contribution in [3.05, 3.63) is 48.3 Å². The quantitative estimate of drug-likeness (QED) is 0.401. The third-order valence-electron chi connectivity index (χ3n) is 5.44. The van der Waals surface area contributed by atoms with Crippen molar-refractivity contribution in [3.8, 4) is 0 Å². The van der Waals surface area contributed by atoms with Gasteiger partial charge in [-0.2, -0.15) is 20.3 Å². The molecule has 5 rings (SSSR count). The molecule has 1 saturated carbocycles. The molecule has 1 aromatic carbocycles. The highest BCUT2D eigenvalue weighted by atomic mass is 32.2. The highest BCUT2D eigenvalue weighted by Crippen LogP contribution is 2.35. The molecule has 160 valence electrons. The van der Waals surface area contributed by atoms with Crippen LogP contribution in [0.2, 0.25) is 0 Å². The molecule has 0 amide bonds. The second kappa shape index (κ2) is 7.34. The van der Waals surface area contributed by atoms with E-state index in [4.69, 9.17) is 0 Å². The summed E-state index contributed by atoms with van der Waals surface area (Å²) in [5, 5.41) is 17.3. The van der Waals surface area contributed by atoms with Gasteiger partial charge >= 0.3 is 0 Å². The first-order valence-electron chi connectivity index (χ1n) is 10.0. The van der Waals surface area contributed by atoms with Crippen molar-refractivity contribution < 1.29 is 8.42 Å². The second-order valence-electron chi connectivity index (χ2n) is 7.81. The van der Waals surface area contributed by atoms with Crippen LogP contribution in [-0.4, -0.2) is 43.8 Å². The molecule has 4 aromatic rings. The van der Waals surface area contributed by atoms with Gasteiger partial charge in [-0.05, 0) is 50.8 Å². The molecule has 31 heavy (non-hydrogen) atoms. The van der Waals surface area contributed by atoms with E-state index < -0.39 is 10.0 Å². The van der Waals surface area contributed by atoms with Gasteiger partial charge in [0.25, 0.3) is 10.0 Å². The smallest absolute Gasteiger partial charge is 0.269 e. The van der Waals surface area contributed by atoms with Crippen LogP contribution in [0.15, 0.2) is 47.6 Å². The molecule has 0 aliphatic heterocycles. The number of aromatic amines is 1. The standard InChI is InChI=1S/C20H22N8O2S/c1-12-3-7-15(8-4-12)31(29,30)28-10-9-16-18(22-13(2)14-5-6-14)24-20(25-19(16)28)23-17-11-21-27-26-17/h3-4,7-11,13-14H,5-6H2,1-2H3,(H3,21,22,23,24,25,26,27)/t13-/m0/s1. The molecule has 3 aromatic heterocycles. The molecule has 3 N–H and O–H groups in total. The predicted molar refractivity (Wildman–Crippen MR) is 117 cm³/mol. The maximum Gasteiger partial charge on any atom is 0.269 e. The Balaban J connectivity index is 1.63. The number of fused-ring (bicyclic) bond motifs is 1. The Hall–Kier alpha value is -3.47. The van der Waals surface area contributed by atoms with Gasteiger partial charge in [0.1, 0.15) is 5.82 Å². The van der Waals surface area contributed by atoms with Gasteiger partial charge in [0.05, 0.1) is 16.5 Å². The van der Waals surface area contributed by atoms with E-state index in [0.717, 1.165) is 5.56 Å². The lowest BCUT2D eigenvalue weighted by Crippen LogP contribution is -2.19. The van der Waals surface area contributed by atoms with Crippen LogP contribution in [0, 0.1) is 12.8 Å². The van der Waals surface area contributed by atoms with E-state index in [1.165, 1.54) is 29.2 Å². The molecule has 0 unspecified atom stereocenters. The van der Waals surface area contributed by atoms with Gasteiger partial charge in [-0.15, -0.1) is 5.10 Å². The van der Waals surface area contributed by atoms with Gasteiger partial charge in [0.15, 0.2) is 11.5 Å². The van der Waals surface area contributed by atoms with Crippen LogP contribution in [0.4, 0.5) is 17.6 Å². The minimum absolute atomic E-state index is 0.195. The lowest BCUT2D eigenvalue weighted by Gasteiger charge is -2.15. The summed E-state index contributed by atoms with van der Waals surface area (Å²) in [6.07, 6.45) is 5.36. The average Bonchev–Trinajstić information content (AvgIpc) is 3.30. The van der Waals surface area contributed by atoms with E-state index in [9.17, 15) is 8.42 Å². The molecule has 1 atom stereocenters. The zero-order valence-electron chi connectivity index (χ0n) is 17.1. The van der Waals surface area contributed by atoms with Crippen molar-refractivity contribution >= 4 is 38.6 Å². The molecule has 1 aliphatic rings. The Bertz CT molecular complexity index is 1330. The largest absolute Gasteiger partial charge is 0.367 e. The third kappa shape index (κ3) is 3.72. The molecule has 1 aliphatic carbocycles. The van der Waals surface area contributed by atoms with Crippen molar-refractivity contribution in [2.75, 3.05) is 10.6 Å². The fraction of sp³-hybridized carbons (Fsp3) is 0.300. The summed E-state index contributed by atoms with van der Waals surface area (Å²) in [7, 11) is -3.83. The zero-order valence-corrected chi connectivity index (χ0v) is 17.9. The average molecular weight is 439 g/mol. The van der Waals surface area contributed by atoms with Gasteiger partial charge < -0.3 is 10.6 Å². The van der Waals surface area contributed by atoms with Crippen molar-refractivity contribution in [2.45, 2.75) is 37.6 Å². The number of aromatic nitrogens is 6. The molecule has 0 spiro atoms. The van der Waals surface area contributed by atoms with Crippen molar-refractivity contribution in [1.29, 1.82) is 0 Å². The Morgan fingerprint density at radius 3 is 2.61 bits per heavy atom. The van der Waals surface area contributed by atoms with Crippen LogP contribution in [0.25, 0.3) is 11.0 Å². The molecule has 3 heterocycles. The van der Waals surface area contributed by atoms with Crippen LogP contribution in [0.5, 0.6) is 0 Å². The number of benzene rings is 1. The highest BCUT2D eigenvalue weighted by Gasteiger charge is 2.29. The predicted octanol–water partition coefficient (Wildman–Crippen LogP) is 3.05. The molecular weight excluding hydrogens is 416 g/mol. The van der Waals surface area contributed by atoms with Gasteiger partial charge in [-0.3, -0.25) is 0 Å². The first-order chi connectivity index (χ1) is 14.9. The van der Waals surface area contributed by atoms with Crippen LogP contribution in [0.3, 0.4) is 0 Å². The number of H-pyrrole nitrogens is 1. The summed E-state index contributed by atoms with van der Waals surface area (Å²) >= 11 is 0. The number of nitrogens with zero attached hydrogens (tertiary/aromatic N) is 5. The van der Waals surface area contributed by atoms with Gasteiger partial charge in [-0.25, -0.2) is 12.4 Å². The first-order valence-corrected chi connectivity index (χ1v) is 11.5. The van der Waals surface area contributed by atoms with E-state index in [0.29, 0.717) is 22.9 Å². The van der Waals surface area contributed by atoms with E-state index >= 15 is 0 Å². The molecule has 0 saturated heterocycles. The normalized spacial score (nSPS) is 15.2. The maximum atomic E-state index is 13.3. The van der Waals surface area contributed by atoms with Crippen LogP contribution in [0.1, 0.15) is 25.3 Å². The number of aryl methyl sites for hydroxylation is 1. The minimum atomic E-state index is -3.83. The number of hydrogen-bond acceptors (Lipinski definition) is 8. The molecule has 1 fully saturated rings. The summed E-state index contributed by atoms with van der Waals surface area (Å²) in [5.41, 5.74) is 1.27. The van der Waals surface area contributed by atoms with Crippen LogP contribution >= 0.6 is 0 Å². The molecule has 10 nitrogen and oxygen atoms in total. The molecular formula is C20H22N8O2S. The van der Waals surface area contributed by atoms with Crippen molar-refractivity contribution in [3.63, 3.8) is 0 Å². The van der Waals surface area contributed by atoms with Gasteiger partial charge in [0, 0.05) is 12.2 Å². The van der Waals surface area contributed by atoms with Crippen LogP contribution in [-0.2, 0) is 10.0 Å². The fourth-order valence-electron chi connectivity index (χ4n) is 3.48. The summed E-state index contributed by atoms with van der Waals surface area (Å²) < 4.78 is 27.9. The number of rotatable bonds is 7. The summed E-state index contributed by atoms with van der Waals surface area (Å²) in [6, 6.07) is 8.68. The topological polar surface area (TPSA) is 130 Å². The van der Waals surface area contributed by atoms with E-state index in [-0.39, 0.29) is 22.5 Å². The SMILES string of the molecule is Cc1ccc(S(=O)(=O)n2ccc3c(N[C@@H](C)C4CC4)nc(Nc4cn[nH]n4)nc32)cc1. The summed E-state index contributed by atoms with van der Waals surface area (Å²) in [6.45, 7) is 4.02. The van der Waals surface area contributed by atoms with Crippen molar-refractivity contribution in [2.24, 2.45) is 5.92 Å². The third-order valence-corrected chi connectivity index (χ3v) is 7.12. The van der Waals surface area contributed by atoms with Crippen molar-refractivity contribution in [1.82, 2.24) is 29.4 Å². The number of hydrogen-bond donors (Lipinski definition) is 3. The highest BCUT2D eigenvalue weighted by molar-refractivity contribution is 7.90. The second-order valence-corrected chi connectivity index (χ2v) is 9.63. The first kappa shape index (κ1) is 19.5. The molecule has 0 bridgehead atoms. The Morgan fingerprint density at radius 1 is 1.16 bits per heavy atom. The lowest BCUT2D eigenvalue weighted by molar-refractivity contribution is 0.589. The van der Waals surface area contributed by atoms with E-state index in [2.05, 4.69) is 42.9 Å². The number of nitrogens with one attached hydrogen (secondary N) is 3. The summed E-state index contributed by atoms with van der Waals surface area (Å²) in [5.74, 6) is 1.83. The lowest BCUT2D eigenvalue weighted by atomic mass is 10.2. The maximum absolute atomic E-state index is 13.3. The molecule has 11 heteroatoms. The fourth-order valence-corrected chi connectivity index (χ4v) is 4.78. The summed E-state index contributed by atoms with van der Waals surface area (Å²) in [4.78, 5) is 9.27. The van der Waals surface area contributed by atoms with E-state index in [1.54, 1.807) is 30.3 Å². The Kier molecular flexibility index (Phi) is 4.62. The van der Waals surface area contributed by atoms with Crippen LogP contribution < -0.4 is 10.6 Å². The van der Waals surface area contributed by atoms with Gasteiger partial charge in [0.2, 0.25) is 5.95 Å². The minimum Gasteiger partial charge on any atom is -0.367 e. The van der Waals surface area contributed by atoms with Gasteiger partial charge in [-0.1, -0.05) is 17.7 Å². The monoisotopic (exact) mass is 438 g/mol. The van der Waals surface area contributed by atoms with E-state index in [1.807, 2.05) is 6.92 Å². The molecule has 0 radical (unpaired) electrons. The Morgan fingerprint density at radius 2 is 1.94 bits per heavy atom.